The van der Waals surface area contributed by atoms with Gasteiger partial charge in [0.25, 0.3) is 0 Å². The van der Waals surface area contributed by atoms with Crippen LogP contribution >= 0.6 is 0 Å². The first-order valence-corrected chi connectivity index (χ1v) is 8.69. The zero-order valence-corrected chi connectivity index (χ0v) is 15.1. The molecule has 1 heterocycles. The van der Waals surface area contributed by atoms with E-state index in [2.05, 4.69) is 99.2 Å². The summed E-state index contributed by atoms with van der Waals surface area (Å²) < 4.78 is 2.20. The third-order valence-corrected chi connectivity index (χ3v) is 4.48. The van der Waals surface area contributed by atoms with Gasteiger partial charge in [0.1, 0.15) is 7.05 Å². The van der Waals surface area contributed by atoms with Crippen LogP contribution in [0.1, 0.15) is 25.0 Å². The highest BCUT2D eigenvalue weighted by molar-refractivity contribution is 5.70. The summed E-state index contributed by atoms with van der Waals surface area (Å²) in [5, 5.41) is 0. The molecule has 122 valence electrons. The largest absolute Gasteiger partial charge is 0.213 e. The van der Waals surface area contributed by atoms with Crippen molar-refractivity contribution < 1.29 is 4.57 Å². The minimum Gasteiger partial charge on any atom is -0.201 e. The summed E-state index contributed by atoms with van der Waals surface area (Å²) in [5.41, 5.74) is 7.83. The molecule has 2 aromatic carbocycles. The Morgan fingerprint density at radius 2 is 1.62 bits per heavy atom. The number of hydrogen-bond acceptors (Lipinski definition) is 0. The van der Waals surface area contributed by atoms with Crippen LogP contribution in [-0.4, -0.2) is 0 Å². The predicted octanol–water partition coefficient (Wildman–Crippen LogP) is 5.35. The van der Waals surface area contributed by atoms with Crippen LogP contribution in [0.15, 0.2) is 66.9 Å². The number of hydrogen-bond donors (Lipinski definition) is 0. The molecule has 0 spiro atoms. The van der Waals surface area contributed by atoms with Gasteiger partial charge in [0.2, 0.25) is 5.69 Å². The molecule has 3 rings (SSSR count). The van der Waals surface area contributed by atoms with Gasteiger partial charge < -0.3 is 0 Å². The smallest absolute Gasteiger partial charge is 0.201 e. The van der Waals surface area contributed by atoms with Crippen molar-refractivity contribution in [3.05, 3.63) is 78.0 Å². The van der Waals surface area contributed by atoms with Crippen LogP contribution in [0, 0.1) is 12.8 Å². The summed E-state index contributed by atoms with van der Waals surface area (Å²) in [5.74, 6) is 0.677. The summed E-state index contributed by atoms with van der Waals surface area (Å²) in [6, 6.07) is 22.0. The predicted molar refractivity (Wildman–Crippen MR) is 102 cm³/mol. The fourth-order valence-corrected chi connectivity index (χ4v) is 3.23. The van der Waals surface area contributed by atoms with E-state index in [4.69, 9.17) is 0 Å². The molecule has 0 aliphatic carbocycles. The Hall–Kier alpha value is -2.41. The van der Waals surface area contributed by atoms with Crippen LogP contribution in [0.5, 0.6) is 0 Å². The van der Waals surface area contributed by atoms with Crippen molar-refractivity contribution in [2.45, 2.75) is 27.2 Å². The molecule has 0 saturated carbocycles. The maximum absolute atomic E-state index is 2.33. The normalized spacial score (nSPS) is 11.0. The Morgan fingerprint density at radius 3 is 2.38 bits per heavy atom. The Labute approximate surface area is 145 Å². The molecule has 0 radical (unpaired) electrons. The van der Waals surface area contributed by atoms with Gasteiger partial charge in [-0.15, -0.1) is 0 Å². The second kappa shape index (κ2) is 7.00. The molecular formula is C23H26N+. The van der Waals surface area contributed by atoms with Gasteiger partial charge in [-0.25, -0.2) is 4.57 Å². The highest BCUT2D eigenvalue weighted by atomic mass is 14.9. The van der Waals surface area contributed by atoms with Crippen molar-refractivity contribution >= 4 is 0 Å². The minimum atomic E-state index is 0.677. The van der Waals surface area contributed by atoms with Gasteiger partial charge in [0, 0.05) is 17.7 Å². The van der Waals surface area contributed by atoms with Crippen molar-refractivity contribution in [1.29, 1.82) is 0 Å². The highest BCUT2D eigenvalue weighted by Crippen LogP contribution is 2.26. The average Bonchev–Trinajstić information content (AvgIpc) is 2.56. The van der Waals surface area contributed by atoms with E-state index in [0.29, 0.717) is 5.92 Å². The van der Waals surface area contributed by atoms with E-state index in [1.807, 2.05) is 0 Å². The SMILES string of the molecule is Cc1ccccc1-c1cc(-c2cccc(CC(C)C)c2)cc[n+]1C. The average molecular weight is 316 g/mol. The van der Waals surface area contributed by atoms with Gasteiger partial charge in [-0.05, 0) is 47.6 Å². The number of nitrogens with zero attached hydrogens (tertiary/aromatic N) is 1. The van der Waals surface area contributed by atoms with E-state index >= 15 is 0 Å². The summed E-state index contributed by atoms with van der Waals surface area (Å²) >= 11 is 0. The molecule has 0 aliphatic heterocycles. The molecule has 1 heteroatoms. The van der Waals surface area contributed by atoms with Gasteiger partial charge in [-0.1, -0.05) is 56.3 Å². The Balaban J connectivity index is 2.05. The molecule has 1 aromatic heterocycles. The first-order chi connectivity index (χ1) is 11.5. The fraction of sp³-hybridized carbons (Fsp3) is 0.261. The van der Waals surface area contributed by atoms with E-state index in [0.717, 1.165) is 6.42 Å². The van der Waals surface area contributed by atoms with Crippen LogP contribution in [0.4, 0.5) is 0 Å². The van der Waals surface area contributed by atoms with Crippen molar-refractivity contribution in [1.82, 2.24) is 0 Å². The lowest BCUT2D eigenvalue weighted by atomic mass is 9.97. The van der Waals surface area contributed by atoms with Crippen molar-refractivity contribution in [3.63, 3.8) is 0 Å². The van der Waals surface area contributed by atoms with Gasteiger partial charge in [0.05, 0.1) is 0 Å². The third-order valence-electron chi connectivity index (χ3n) is 4.48. The summed E-state index contributed by atoms with van der Waals surface area (Å²) in [7, 11) is 2.11. The summed E-state index contributed by atoms with van der Waals surface area (Å²) in [6.07, 6.45) is 3.28. The van der Waals surface area contributed by atoms with E-state index in [1.54, 1.807) is 0 Å². The molecule has 24 heavy (non-hydrogen) atoms. The van der Waals surface area contributed by atoms with E-state index < -0.39 is 0 Å². The monoisotopic (exact) mass is 316 g/mol. The second-order valence-corrected chi connectivity index (χ2v) is 7.02. The van der Waals surface area contributed by atoms with Gasteiger partial charge >= 0.3 is 0 Å². The van der Waals surface area contributed by atoms with E-state index in [-0.39, 0.29) is 0 Å². The second-order valence-electron chi connectivity index (χ2n) is 7.02. The standard InChI is InChI=1S/C23H26N/c1-17(2)14-19-9-7-10-20(15-19)21-12-13-24(4)23(16-21)22-11-6-5-8-18(22)3/h5-13,15-17H,14H2,1-4H3/q+1. The van der Waals surface area contributed by atoms with Crippen LogP contribution in [0.25, 0.3) is 22.4 Å². The number of aromatic nitrogens is 1. The molecule has 0 aliphatic rings. The molecular weight excluding hydrogens is 290 g/mol. The molecule has 0 fully saturated rings. The van der Waals surface area contributed by atoms with Crippen molar-refractivity contribution in [2.24, 2.45) is 13.0 Å². The quantitative estimate of drug-likeness (QED) is 0.571. The fourth-order valence-electron chi connectivity index (χ4n) is 3.23. The zero-order valence-electron chi connectivity index (χ0n) is 15.1. The van der Waals surface area contributed by atoms with Gasteiger partial charge in [0.15, 0.2) is 6.20 Å². The van der Waals surface area contributed by atoms with Crippen LogP contribution in [0.2, 0.25) is 0 Å². The number of rotatable bonds is 4. The number of aryl methyl sites for hydroxylation is 2. The molecule has 0 bridgehead atoms. The van der Waals surface area contributed by atoms with Crippen LogP contribution in [-0.2, 0) is 13.5 Å². The Morgan fingerprint density at radius 1 is 0.875 bits per heavy atom. The van der Waals surface area contributed by atoms with Crippen molar-refractivity contribution in [2.75, 3.05) is 0 Å². The summed E-state index contributed by atoms with van der Waals surface area (Å²) in [4.78, 5) is 0. The Bertz CT molecular complexity index is 846. The third kappa shape index (κ3) is 3.56. The zero-order chi connectivity index (χ0) is 17.1. The molecule has 0 atom stereocenters. The summed E-state index contributed by atoms with van der Waals surface area (Å²) in [6.45, 7) is 6.71. The maximum atomic E-state index is 2.33. The molecule has 1 nitrogen and oxygen atoms in total. The molecule has 0 amide bonds. The highest BCUT2D eigenvalue weighted by Gasteiger charge is 2.13. The van der Waals surface area contributed by atoms with Crippen LogP contribution in [0.3, 0.4) is 0 Å². The van der Waals surface area contributed by atoms with Gasteiger partial charge in [-0.3, -0.25) is 0 Å². The first-order valence-electron chi connectivity index (χ1n) is 8.69. The lowest BCUT2D eigenvalue weighted by molar-refractivity contribution is -0.660. The van der Waals surface area contributed by atoms with Crippen molar-refractivity contribution in [3.8, 4) is 22.4 Å². The lowest BCUT2D eigenvalue weighted by Crippen LogP contribution is -2.30. The maximum Gasteiger partial charge on any atom is 0.213 e. The molecule has 0 unspecified atom stereocenters. The number of pyridine rings is 1. The molecule has 0 saturated heterocycles. The Kier molecular flexibility index (Phi) is 4.80. The van der Waals surface area contributed by atoms with Crippen LogP contribution < -0.4 is 4.57 Å². The topological polar surface area (TPSA) is 3.88 Å². The van der Waals surface area contributed by atoms with E-state index in [9.17, 15) is 0 Å². The lowest BCUT2D eigenvalue weighted by Gasteiger charge is -2.09. The number of benzene rings is 2. The molecule has 0 N–H and O–H groups in total. The van der Waals surface area contributed by atoms with E-state index in [1.165, 1.54) is 33.5 Å². The minimum absolute atomic E-state index is 0.677. The first kappa shape index (κ1) is 16.4. The molecule has 3 aromatic rings. The van der Waals surface area contributed by atoms with Gasteiger partial charge in [-0.2, -0.15) is 0 Å².